The third-order valence-corrected chi connectivity index (χ3v) is 6.20. The summed E-state index contributed by atoms with van der Waals surface area (Å²) >= 11 is 1.62. The molecular formula is C25H23N5OS. The normalized spacial score (nSPS) is 11.2. The lowest BCUT2D eigenvalue weighted by atomic mass is 10.2. The number of ether oxygens (including phenoxy) is 1. The molecule has 0 saturated heterocycles. The van der Waals surface area contributed by atoms with Crippen LogP contribution in [0.4, 0.5) is 0 Å². The topological polar surface area (TPSA) is 57.2 Å². The maximum absolute atomic E-state index is 6.07. The number of thioether (sulfide) groups is 1. The minimum absolute atomic E-state index is 0.334. The van der Waals surface area contributed by atoms with Gasteiger partial charge in [-0.3, -0.25) is 4.57 Å². The summed E-state index contributed by atoms with van der Waals surface area (Å²) in [6, 6.07) is 22.2. The van der Waals surface area contributed by atoms with Gasteiger partial charge in [-0.2, -0.15) is 0 Å². The average molecular weight is 442 g/mol. The van der Waals surface area contributed by atoms with Crippen molar-refractivity contribution in [1.82, 2.24) is 24.1 Å². The van der Waals surface area contributed by atoms with Crippen LogP contribution in [0.15, 0.2) is 84.3 Å². The molecule has 5 rings (SSSR count). The number of fused-ring (bicyclic) bond motifs is 1. The molecule has 32 heavy (non-hydrogen) atoms. The average Bonchev–Trinajstić information content (AvgIpc) is 3.42. The predicted molar refractivity (Wildman–Crippen MR) is 126 cm³/mol. The zero-order chi connectivity index (χ0) is 21.9. The molecule has 0 amide bonds. The molecule has 0 radical (unpaired) electrons. The van der Waals surface area contributed by atoms with Crippen molar-refractivity contribution in [3.8, 4) is 11.4 Å². The van der Waals surface area contributed by atoms with E-state index in [4.69, 9.17) is 9.72 Å². The highest BCUT2D eigenvalue weighted by Crippen LogP contribution is 2.26. The van der Waals surface area contributed by atoms with Crippen LogP contribution in [0, 0.1) is 13.8 Å². The van der Waals surface area contributed by atoms with Gasteiger partial charge in [0, 0.05) is 23.8 Å². The van der Waals surface area contributed by atoms with Gasteiger partial charge in [-0.05, 0) is 49.2 Å². The Morgan fingerprint density at radius 2 is 1.66 bits per heavy atom. The van der Waals surface area contributed by atoms with E-state index in [-0.39, 0.29) is 0 Å². The summed E-state index contributed by atoms with van der Waals surface area (Å²) < 4.78 is 10.2. The Morgan fingerprint density at radius 3 is 2.47 bits per heavy atom. The van der Waals surface area contributed by atoms with E-state index in [0.29, 0.717) is 12.4 Å². The van der Waals surface area contributed by atoms with E-state index < -0.39 is 0 Å². The molecule has 0 aliphatic heterocycles. The number of hydrogen-bond acceptors (Lipinski definition) is 5. The summed E-state index contributed by atoms with van der Waals surface area (Å²) in [4.78, 5) is 4.78. The molecule has 0 aliphatic rings. The summed E-state index contributed by atoms with van der Waals surface area (Å²) in [6.07, 6.45) is 4.09. The van der Waals surface area contributed by atoms with E-state index in [9.17, 15) is 0 Å². The molecule has 0 N–H and O–H groups in total. The summed E-state index contributed by atoms with van der Waals surface area (Å²) in [6.45, 7) is 4.45. The minimum Gasteiger partial charge on any atom is -0.485 e. The van der Waals surface area contributed by atoms with Gasteiger partial charge in [0.25, 0.3) is 0 Å². The molecule has 2 aromatic carbocycles. The second kappa shape index (κ2) is 8.88. The summed E-state index contributed by atoms with van der Waals surface area (Å²) in [5, 5.41) is 9.74. The van der Waals surface area contributed by atoms with Crippen molar-refractivity contribution in [2.75, 3.05) is 0 Å². The number of aromatic nitrogens is 5. The third-order valence-electron chi connectivity index (χ3n) is 5.24. The molecule has 0 unspecified atom stereocenters. The molecule has 7 heteroatoms. The molecule has 6 nitrogen and oxygen atoms in total. The lowest BCUT2D eigenvalue weighted by molar-refractivity contribution is 0.291. The predicted octanol–water partition coefficient (Wildman–Crippen LogP) is 5.40. The van der Waals surface area contributed by atoms with Gasteiger partial charge in [0.2, 0.25) is 0 Å². The van der Waals surface area contributed by atoms with Crippen molar-refractivity contribution < 1.29 is 4.74 Å². The molecule has 3 heterocycles. The van der Waals surface area contributed by atoms with Crippen molar-refractivity contribution in [3.05, 3.63) is 102 Å². The second-order valence-electron chi connectivity index (χ2n) is 7.57. The van der Waals surface area contributed by atoms with E-state index in [1.807, 2.05) is 61.7 Å². The highest BCUT2D eigenvalue weighted by atomic mass is 32.2. The fraction of sp³-hybridized carbons (Fsp3) is 0.160. The number of pyridine rings is 1. The number of para-hydroxylation sites is 2. The van der Waals surface area contributed by atoms with Crippen LogP contribution in [0.2, 0.25) is 0 Å². The quantitative estimate of drug-likeness (QED) is 0.316. The molecule has 0 atom stereocenters. The number of hydrogen-bond donors (Lipinski definition) is 0. The van der Waals surface area contributed by atoms with Crippen LogP contribution < -0.4 is 4.74 Å². The first-order chi connectivity index (χ1) is 15.7. The second-order valence-corrected chi connectivity index (χ2v) is 8.51. The van der Waals surface area contributed by atoms with Crippen molar-refractivity contribution in [3.63, 3.8) is 0 Å². The molecule has 0 spiro atoms. The van der Waals surface area contributed by atoms with Gasteiger partial charge in [-0.25, -0.2) is 4.98 Å². The SMILES string of the molecule is Cc1ccccc1OCc1nnc(SCc2cn3cccc(C)c3n2)n1-c1ccccc1. The Labute approximate surface area is 190 Å². The number of imidazole rings is 1. The zero-order valence-corrected chi connectivity index (χ0v) is 18.8. The van der Waals surface area contributed by atoms with Gasteiger partial charge in [0.05, 0.1) is 5.69 Å². The fourth-order valence-corrected chi connectivity index (χ4v) is 4.45. The first-order valence-electron chi connectivity index (χ1n) is 10.4. The van der Waals surface area contributed by atoms with Crippen LogP contribution in [-0.2, 0) is 12.4 Å². The summed E-state index contributed by atoms with van der Waals surface area (Å²) in [7, 11) is 0. The van der Waals surface area contributed by atoms with Gasteiger partial charge in [-0.1, -0.05) is 54.2 Å². The first-order valence-corrected chi connectivity index (χ1v) is 11.4. The van der Waals surface area contributed by atoms with Gasteiger partial charge in [-0.15, -0.1) is 10.2 Å². The molecule has 5 aromatic rings. The summed E-state index contributed by atoms with van der Waals surface area (Å²) in [5.74, 6) is 2.31. The molecule has 0 fully saturated rings. The monoisotopic (exact) mass is 441 g/mol. The number of benzene rings is 2. The Balaban J connectivity index is 1.41. The van der Waals surface area contributed by atoms with Gasteiger partial charge in [0.15, 0.2) is 11.0 Å². The Bertz CT molecular complexity index is 1360. The standard InChI is InChI=1S/C25H23N5OS/c1-18-9-6-7-13-22(18)31-16-23-27-28-25(30(23)21-11-4-3-5-12-21)32-17-20-15-29-14-8-10-19(2)24(29)26-20/h3-15H,16-17H2,1-2H3. The van der Waals surface area contributed by atoms with E-state index in [1.165, 1.54) is 0 Å². The molecule has 0 aliphatic carbocycles. The van der Waals surface area contributed by atoms with Crippen molar-refractivity contribution >= 4 is 17.4 Å². The maximum atomic E-state index is 6.07. The number of nitrogens with zero attached hydrogens (tertiary/aromatic N) is 5. The Hall–Kier alpha value is -3.58. The van der Waals surface area contributed by atoms with Gasteiger partial charge < -0.3 is 9.14 Å². The highest BCUT2D eigenvalue weighted by molar-refractivity contribution is 7.98. The van der Waals surface area contributed by atoms with Crippen LogP contribution in [0.3, 0.4) is 0 Å². The van der Waals surface area contributed by atoms with E-state index in [0.717, 1.165) is 44.9 Å². The van der Waals surface area contributed by atoms with Crippen molar-refractivity contribution in [1.29, 1.82) is 0 Å². The first kappa shape index (κ1) is 20.3. The highest BCUT2D eigenvalue weighted by Gasteiger charge is 2.16. The molecule has 160 valence electrons. The summed E-state index contributed by atoms with van der Waals surface area (Å²) in [5.41, 5.74) is 5.25. The Kier molecular flexibility index (Phi) is 5.64. The molecule has 3 aromatic heterocycles. The van der Waals surface area contributed by atoms with Crippen molar-refractivity contribution in [2.45, 2.75) is 31.4 Å². The molecular weight excluding hydrogens is 418 g/mol. The number of rotatable bonds is 7. The lowest BCUT2D eigenvalue weighted by Gasteiger charge is -2.12. The smallest absolute Gasteiger partial charge is 0.196 e. The largest absolute Gasteiger partial charge is 0.485 e. The lowest BCUT2D eigenvalue weighted by Crippen LogP contribution is -2.07. The van der Waals surface area contributed by atoms with Crippen LogP contribution >= 0.6 is 11.8 Å². The van der Waals surface area contributed by atoms with Crippen LogP contribution in [0.1, 0.15) is 22.6 Å². The van der Waals surface area contributed by atoms with E-state index >= 15 is 0 Å². The van der Waals surface area contributed by atoms with Crippen LogP contribution in [0.25, 0.3) is 11.3 Å². The third kappa shape index (κ3) is 4.11. The maximum Gasteiger partial charge on any atom is 0.196 e. The van der Waals surface area contributed by atoms with Crippen LogP contribution in [-0.4, -0.2) is 24.1 Å². The Morgan fingerprint density at radius 1 is 0.875 bits per heavy atom. The fourth-order valence-electron chi connectivity index (χ4n) is 3.60. The molecule has 0 saturated carbocycles. The van der Waals surface area contributed by atoms with E-state index in [1.54, 1.807) is 11.8 Å². The van der Waals surface area contributed by atoms with Gasteiger partial charge >= 0.3 is 0 Å². The number of aryl methyl sites for hydroxylation is 2. The molecule has 0 bridgehead atoms. The van der Waals surface area contributed by atoms with Crippen molar-refractivity contribution in [2.24, 2.45) is 0 Å². The van der Waals surface area contributed by atoms with Crippen LogP contribution in [0.5, 0.6) is 5.75 Å². The van der Waals surface area contributed by atoms with E-state index in [2.05, 4.69) is 50.5 Å². The zero-order valence-electron chi connectivity index (χ0n) is 18.0. The van der Waals surface area contributed by atoms with Gasteiger partial charge in [0.1, 0.15) is 18.0 Å². The minimum atomic E-state index is 0.334.